The van der Waals surface area contributed by atoms with Gasteiger partial charge in [-0.1, -0.05) is 60.7 Å². The lowest BCUT2D eigenvalue weighted by molar-refractivity contribution is -0.121. The van der Waals surface area contributed by atoms with Gasteiger partial charge in [-0.15, -0.1) is 5.10 Å². The predicted octanol–water partition coefficient (Wildman–Crippen LogP) is 2.46. The smallest absolute Gasteiger partial charge is 0.241 e. The average molecular weight is 393 g/mol. The molecule has 2 aromatic carbocycles. The molecule has 0 bridgehead atoms. The van der Waals surface area contributed by atoms with Gasteiger partial charge in [0.05, 0.1) is 6.54 Å². The summed E-state index contributed by atoms with van der Waals surface area (Å²) in [4.78, 5) is 14.7. The van der Waals surface area contributed by atoms with Crippen LogP contribution < -0.4 is 5.32 Å². The molecule has 1 amide bonds. The number of carbonyl (C=O) groups excluding carboxylic acids is 1. The van der Waals surface area contributed by atoms with Crippen LogP contribution in [-0.4, -0.2) is 50.6 Å². The van der Waals surface area contributed by atoms with Crippen molar-refractivity contribution in [2.45, 2.75) is 38.9 Å². The van der Waals surface area contributed by atoms with Gasteiger partial charge in [0, 0.05) is 18.5 Å². The lowest BCUT2D eigenvalue weighted by Crippen LogP contribution is -2.33. The summed E-state index contributed by atoms with van der Waals surface area (Å²) in [5.74, 6) is 0.656. The molecular formula is C22H28N6O. The highest BCUT2D eigenvalue weighted by Crippen LogP contribution is 2.23. The number of hydrogen-bond acceptors (Lipinski definition) is 5. The Morgan fingerprint density at radius 1 is 1.03 bits per heavy atom. The summed E-state index contributed by atoms with van der Waals surface area (Å²) in [6.45, 7) is 5.41. The van der Waals surface area contributed by atoms with Gasteiger partial charge in [-0.2, -0.15) is 0 Å². The summed E-state index contributed by atoms with van der Waals surface area (Å²) in [6, 6.07) is 20.8. The Hall–Kier alpha value is -3.06. The molecule has 0 saturated heterocycles. The first-order valence-electron chi connectivity index (χ1n) is 9.86. The van der Waals surface area contributed by atoms with Crippen LogP contribution in [0.1, 0.15) is 36.7 Å². The summed E-state index contributed by atoms with van der Waals surface area (Å²) >= 11 is 0. The Morgan fingerprint density at radius 2 is 1.62 bits per heavy atom. The van der Waals surface area contributed by atoms with Crippen LogP contribution in [0.3, 0.4) is 0 Å². The molecule has 3 aromatic rings. The number of nitrogens with one attached hydrogen (secondary N) is 1. The molecule has 0 atom stereocenters. The van der Waals surface area contributed by atoms with Crippen molar-refractivity contribution in [2.75, 3.05) is 13.6 Å². The minimum absolute atomic E-state index is 0.0850. The fourth-order valence-corrected chi connectivity index (χ4v) is 3.07. The zero-order valence-electron chi connectivity index (χ0n) is 17.2. The SMILES string of the molecule is CC(C)N(C)Cc1nnnn1CC(=O)NCC(c1ccccc1)c1ccccc1. The second-order valence-corrected chi connectivity index (χ2v) is 7.44. The van der Waals surface area contributed by atoms with Crippen molar-refractivity contribution in [2.24, 2.45) is 0 Å². The molecule has 0 fully saturated rings. The summed E-state index contributed by atoms with van der Waals surface area (Å²) in [5, 5.41) is 14.8. The fourth-order valence-electron chi connectivity index (χ4n) is 3.07. The van der Waals surface area contributed by atoms with Crippen molar-refractivity contribution < 1.29 is 4.79 Å². The lowest BCUT2D eigenvalue weighted by Gasteiger charge is -2.20. The molecule has 3 rings (SSSR count). The Kier molecular flexibility index (Phi) is 7.08. The van der Waals surface area contributed by atoms with E-state index in [4.69, 9.17) is 0 Å². The van der Waals surface area contributed by atoms with Crippen molar-refractivity contribution in [3.8, 4) is 0 Å². The molecule has 0 spiro atoms. The molecule has 7 heteroatoms. The number of aromatic nitrogens is 4. The Balaban J connectivity index is 1.65. The minimum atomic E-state index is -0.109. The van der Waals surface area contributed by atoms with Gasteiger partial charge in [-0.05, 0) is 42.4 Å². The molecule has 7 nitrogen and oxygen atoms in total. The summed E-state index contributed by atoms with van der Waals surface area (Å²) < 4.78 is 1.56. The van der Waals surface area contributed by atoms with Gasteiger partial charge in [0.25, 0.3) is 0 Å². The molecule has 1 aromatic heterocycles. The van der Waals surface area contributed by atoms with Gasteiger partial charge in [-0.25, -0.2) is 4.68 Å². The highest BCUT2D eigenvalue weighted by atomic mass is 16.2. The molecule has 0 radical (unpaired) electrons. The highest BCUT2D eigenvalue weighted by Gasteiger charge is 2.17. The summed E-state index contributed by atoms with van der Waals surface area (Å²) in [7, 11) is 2.01. The maximum atomic E-state index is 12.6. The van der Waals surface area contributed by atoms with Crippen LogP contribution in [0, 0.1) is 0 Å². The maximum absolute atomic E-state index is 12.6. The first kappa shape index (κ1) is 20.7. The fraction of sp³-hybridized carbons (Fsp3) is 0.364. The van der Waals surface area contributed by atoms with E-state index in [0.717, 1.165) is 0 Å². The van der Waals surface area contributed by atoms with Crippen LogP contribution in [0.25, 0.3) is 0 Å². The van der Waals surface area contributed by atoms with Gasteiger partial charge in [-0.3, -0.25) is 9.69 Å². The number of rotatable bonds is 9. The third-order valence-corrected chi connectivity index (χ3v) is 5.08. The third-order valence-electron chi connectivity index (χ3n) is 5.08. The van der Waals surface area contributed by atoms with Crippen LogP contribution in [0.4, 0.5) is 0 Å². The van der Waals surface area contributed by atoms with Gasteiger partial charge in [0.15, 0.2) is 5.82 Å². The van der Waals surface area contributed by atoms with E-state index < -0.39 is 0 Å². The number of carbonyl (C=O) groups is 1. The van der Waals surface area contributed by atoms with Gasteiger partial charge >= 0.3 is 0 Å². The number of amides is 1. The first-order valence-corrected chi connectivity index (χ1v) is 9.86. The first-order chi connectivity index (χ1) is 14.0. The van der Waals surface area contributed by atoms with Gasteiger partial charge in [0.2, 0.25) is 5.91 Å². The van der Waals surface area contributed by atoms with E-state index in [2.05, 4.69) is 63.9 Å². The molecule has 0 aliphatic heterocycles. The largest absolute Gasteiger partial charge is 0.354 e. The van der Waals surface area contributed by atoms with Gasteiger partial charge in [0.1, 0.15) is 6.54 Å². The van der Waals surface area contributed by atoms with Crippen molar-refractivity contribution in [3.05, 3.63) is 77.6 Å². The van der Waals surface area contributed by atoms with Crippen LogP contribution in [0.5, 0.6) is 0 Å². The van der Waals surface area contributed by atoms with E-state index >= 15 is 0 Å². The standard InChI is InChI=1S/C22H28N6O/c1-17(2)27(3)15-21-24-25-26-28(21)16-22(29)23-14-20(18-10-6-4-7-11-18)19-12-8-5-9-13-19/h4-13,17,20H,14-16H2,1-3H3,(H,23,29). The normalized spacial score (nSPS) is 11.4. The Labute approximate surface area is 171 Å². The molecule has 152 valence electrons. The number of tetrazole rings is 1. The molecule has 0 saturated carbocycles. The van der Waals surface area contributed by atoms with E-state index in [1.807, 2.05) is 43.4 Å². The van der Waals surface area contributed by atoms with Gasteiger partial charge < -0.3 is 5.32 Å². The van der Waals surface area contributed by atoms with E-state index in [1.165, 1.54) is 11.1 Å². The Bertz CT molecular complexity index is 854. The topological polar surface area (TPSA) is 75.9 Å². The zero-order valence-corrected chi connectivity index (χ0v) is 17.2. The second-order valence-electron chi connectivity index (χ2n) is 7.44. The molecule has 1 N–H and O–H groups in total. The summed E-state index contributed by atoms with van der Waals surface area (Å²) in [6.07, 6.45) is 0. The Morgan fingerprint density at radius 3 is 2.17 bits per heavy atom. The molecule has 0 aliphatic carbocycles. The maximum Gasteiger partial charge on any atom is 0.241 e. The predicted molar refractivity (Wildman–Crippen MR) is 112 cm³/mol. The van der Waals surface area contributed by atoms with Crippen molar-refractivity contribution >= 4 is 5.91 Å². The van der Waals surface area contributed by atoms with Crippen molar-refractivity contribution in [1.29, 1.82) is 0 Å². The van der Waals surface area contributed by atoms with Crippen molar-refractivity contribution in [1.82, 2.24) is 30.4 Å². The average Bonchev–Trinajstić information content (AvgIpc) is 3.16. The van der Waals surface area contributed by atoms with Crippen LogP contribution >= 0.6 is 0 Å². The van der Waals surface area contributed by atoms with Crippen molar-refractivity contribution in [3.63, 3.8) is 0 Å². The summed E-state index contributed by atoms with van der Waals surface area (Å²) in [5.41, 5.74) is 2.33. The molecule has 29 heavy (non-hydrogen) atoms. The molecule has 1 heterocycles. The number of hydrogen-bond donors (Lipinski definition) is 1. The number of nitrogens with zero attached hydrogens (tertiary/aromatic N) is 5. The van der Waals surface area contributed by atoms with E-state index in [1.54, 1.807) is 4.68 Å². The quantitative estimate of drug-likeness (QED) is 0.605. The molecular weight excluding hydrogens is 364 g/mol. The van der Waals surface area contributed by atoms with E-state index in [-0.39, 0.29) is 18.4 Å². The second kappa shape index (κ2) is 9.93. The number of benzene rings is 2. The third kappa shape index (κ3) is 5.71. The molecule has 0 unspecified atom stereocenters. The minimum Gasteiger partial charge on any atom is -0.354 e. The monoisotopic (exact) mass is 392 g/mol. The zero-order chi connectivity index (χ0) is 20.6. The highest BCUT2D eigenvalue weighted by molar-refractivity contribution is 5.75. The van der Waals surface area contributed by atoms with E-state index in [0.29, 0.717) is 25.0 Å². The van der Waals surface area contributed by atoms with Crippen LogP contribution in [0.2, 0.25) is 0 Å². The van der Waals surface area contributed by atoms with Crippen LogP contribution in [0.15, 0.2) is 60.7 Å². The lowest BCUT2D eigenvalue weighted by atomic mass is 9.91. The van der Waals surface area contributed by atoms with Crippen LogP contribution in [-0.2, 0) is 17.9 Å². The van der Waals surface area contributed by atoms with E-state index in [9.17, 15) is 4.79 Å². The molecule has 0 aliphatic rings.